The summed E-state index contributed by atoms with van der Waals surface area (Å²) < 4.78 is 10.2. The van der Waals surface area contributed by atoms with E-state index in [1.807, 2.05) is 12.1 Å². The Balaban J connectivity index is 1.93. The SMILES string of the molecule is Cc1ccccc1CNC1=COC=CO1. The lowest BCUT2D eigenvalue weighted by atomic mass is 10.1. The average molecular weight is 203 g/mol. The van der Waals surface area contributed by atoms with Gasteiger partial charge in [0.05, 0.1) is 0 Å². The van der Waals surface area contributed by atoms with Gasteiger partial charge >= 0.3 is 0 Å². The first kappa shape index (κ1) is 9.65. The molecule has 0 amide bonds. The first-order chi connectivity index (χ1) is 7.36. The molecule has 1 heterocycles. The summed E-state index contributed by atoms with van der Waals surface area (Å²) >= 11 is 0. The molecule has 1 aromatic rings. The van der Waals surface area contributed by atoms with Gasteiger partial charge in [0, 0.05) is 6.54 Å². The Hall–Kier alpha value is -1.90. The standard InChI is InChI=1S/C12H13NO2/c1-10-4-2-3-5-11(10)8-13-12-9-14-6-7-15-12/h2-7,9,13H,8H2,1H3. The van der Waals surface area contributed by atoms with E-state index in [1.54, 1.807) is 0 Å². The number of aryl methyl sites for hydroxylation is 1. The van der Waals surface area contributed by atoms with Crippen LogP contribution in [0.25, 0.3) is 0 Å². The Morgan fingerprint density at radius 3 is 2.80 bits per heavy atom. The van der Waals surface area contributed by atoms with E-state index in [9.17, 15) is 0 Å². The molecule has 0 unspecified atom stereocenters. The molecule has 1 aromatic carbocycles. The molecule has 3 heteroatoms. The Kier molecular flexibility index (Phi) is 2.93. The maximum Gasteiger partial charge on any atom is 0.228 e. The second-order valence-corrected chi connectivity index (χ2v) is 3.29. The molecule has 1 N–H and O–H groups in total. The fourth-order valence-corrected chi connectivity index (χ4v) is 1.34. The molecule has 1 aliphatic heterocycles. The van der Waals surface area contributed by atoms with Crippen LogP contribution >= 0.6 is 0 Å². The third kappa shape index (κ3) is 2.53. The van der Waals surface area contributed by atoms with Gasteiger partial charge in [0.2, 0.25) is 5.88 Å². The zero-order chi connectivity index (χ0) is 10.5. The number of rotatable bonds is 3. The highest BCUT2D eigenvalue weighted by Gasteiger charge is 2.01. The minimum absolute atomic E-state index is 0.626. The molecule has 15 heavy (non-hydrogen) atoms. The molecular formula is C12H13NO2. The highest BCUT2D eigenvalue weighted by Crippen LogP contribution is 2.08. The molecule has 0 atom stereocenters. The third-order valence-electron chi connectivity index (χ3n) is 2.22. The molecule has 0 saturated carbocycles. The highest BCUT2D eigenvalue weighted by atomic mass is 16.5. The highest BCUT2D eigenvalue weighted by molar-refractivity contribution is 5.25. The summed E-state index contributed by atoms with van der Waals surface area (Å²) in [6, 6.07) is 8.23. The second kappa shape index (κ2) is 4.55. The van der Waals surface area contributed by atoms with Crippen LogP contribution in [0.2, 0.25) is 0 Å². The van der Waals surface area contributed by atoms with E-state index >= 15 is 0 Å². The van der Waals surface area contributed by atoms with E-state index < -0.39 is 0 Å². The summed E-state index contributed by atoms with van der Waals surface area (Å²) in [6.07, 6.45) is 4.53. The van der Waals surface area contributed by atoms with Crippen molar-refractivity contribution in [3.8, 4) is 0 Å². The second-order valence-electron chi connectivity index (χ2n) is 3.29. The van der Waals surface area contributed by atoms with Crippen LogP contribution in [0, 0.1) is 6.92 Å². The molecule has 1 aliphatic rings. The quantitative estimate of drug-likeness (QED) is 0.818. The molecule has 0 fully saturated rings. The van der Waals surface area contributed by atoms with Crippen LogP contribution in [0.4, 0.5) is 0 Å². The first-order valence-electron chi connectivity index (χ1n) is 4.82. The Labute approximate surface area is 89.0 Å². The predicted molar refractivity (Wildman–Crippen MR) is 57.4 cm³/mol. The van der Waals surface area contributed by atoms with E-state index in [0.717, 1.165) is 6.54 Å². The third-order valence-corrected chi connectivity index (χ3v) is 2.22. The van der Waals surface area contributed by atoms with Crippen molar-refractivity contribution in [1.29, 1.82) is 0 Å². The molecule has 78 valence electrons. The van der Waals surface area contributed by atoms with Crippen molar-refractivity contribution in [2.45, 2.75) is 13.5 Å². The summed E-state index contributed by atoms with van der Waals surface area (Å²) in [5.41, 5.74) is 2.51. The van der Waals surface area contributed by atoms with Crippen molar-refractivity contribution in [1.82, 2.24) is 5.32 Å². The van der Waals surface area contributed by atoms with Gasteiger partial charge in [-0.05, 0) is 18.1 Å². The number of benzene rings is 1. The van der Waals surface area contributed by atoms with Crippen LogP contribution in [0.5, 0.6) is 0 Å². The van der Waals surface area contributed by atoms with Crippen LogP contribution in [0.3, 0.4) is 0 Å². The summed E-state index contributed by atoms with van der Waals surface area (Å²) in [5.74, 6) is 0.626. The van der Waals surface area contributed by atoms with Crippen molar-refractivity contribution in [3.05, 3.63) is 60.1 Å². The summed E-state index contributed by atoms with van der Waals surface area (Å²) in [6.45, 7) is 2.82. The fourth-order valence-electron chi connectivity index (χ4n) is 1.34. The van der Waals surface area contributed by atoms with Gasteiger partial charge in [-0.25, -0.2) is 0 Å². The number of nitrogens with one attached hydrogen (secondary N) is 1. The van der Waals surface area contributed by atoms with E-state index in [2.05, 4.69) is 24.4 Å². The molecule has 0 bridgehead atoms. The van der Waals surface area contributed by atoms with Crippen molar-refractivity contribution in [2.24, 2.45) is 0 Å². The zero-order valence-corrected chi connectivity index (χ0v) is 8.57. The van der Waals surface area contributed by atoms with Crippen LogP contribution in [-0.4, -0.2) is 0 Å². The molecule has 0 saturated heterocycles. The van der Waals surface area contributed by atoms with Gasteiger partial charge in [-0.1, -0.05) is 24.3 Å². The molecule has 0 spiro atoms. The number of ether oxygens (including phenoxy) is 2. The monoisotopic (exact) mass is 203 g/mol. The summed E-state index contributed by atoms with van der Waals surface area (Å²) in [7, 11) is 0. The molecule has 0 radical (unpaired) electrons. The van der Waals surface area contributed by atoms with E-state index in [1.165, 1.54) is 29.9 Å². The van der Waals surface area contributed by atoms with Crippen LogP contribution in [0.15, 0.2) is 48.9 Å². The van der Waals surface area contributed by atoms with E-state index in [-0.39, 0.29) is 0 Å². The largest absolute Gasteiger partial charge is 0.464 e. The van der Waals surface area contributed by atoms with Crippen molar-refractivity contribution in [2.75, 3.05) is 0 Å². The molecule has 2 rings (SSSR count). The fraction of sp³-hybridized carbons (Fsp3) is 0.167. The van der Waals surface area contributed by atoms with Crippen LogP contribution < -0.4 is 5.32 Å². The van der Waals surface area contributed by atoms with E-state index in [4.69, 9.17) is 9.47 Å². The number of hydrogen-bond donors (Lipinski definition) is 1. The maximum absolute atomic E-state index is 5.18. The Morgan fingerprint density at radius 2 is 2.07 bits per heavy atom. The van der Waals surface area contributed by atoms with Crippen molar-refractivity contribution >= 4 is 0 Å². The van der Waals surface area contributed by atoms with Gasteiger partial charge in [0.1, 0.15) is 12.5 Å². The van der Waals surface area contributed by atoms with Crippen molar-refractivity contribution < 1.29 is 9.47 Å². The molecular weight excluding hydrogens is 190 g/mol. The molecule has 3 nitrogen and oxygen atoms in total. The van der Waals surface area contributed by atoms with Gasteiger partial charge in [-0.15, -0.1) is 0 Å². The van der Waals surface area contributed by atoms with Gasteiger partial charge in [-0.2, -0.15) is 0 Å². The lowest BCUT2D eigenvalue weighted by Crippen LogP contribution is -2.15. The molecule has 0 aromatic heterocycles. The average Bonchev–Trinajstić information content (AvgIpc) is 2.29. The minimum atomic E-state index is 0.626. The van der Waals surface area contributed by atoms with Gasteiger partial charge in [-0.3, -0.25) is 0 Å². The van der Waals surface area contributed by atoms with Crippen LogP contribution in [0.1, 0.15) is 11.1 Å². The maximum atomic E-state index is 5.18. The number of hydrogen-bond acceptors (Lipinski definition) is 3. The lowest BCUT2D eigenvalue weighted by molar-refractivity contribution is 0.233. The van der Waals surface area contributed by atoms with Crippen molar-refractivity contribution in [3.63, 3.8) is 0 Å². The zero-order valence-electron chi connectivity index (χ0n) is 8.57. The van der Waals surface area contributed by atoms with Crippen LogP contribution in [-0.2, 0) is 16.0 Å². The van der Waals surface area contributed by atoms with Gasteiger partial charge < -0.3 is 14.8 Å². The topological polar surface area (TPSA) is 30.5 Å². The summed E-state index contributed by atoms with van der Waals surface area (Å²) in [4.78, 5) is 0. The molecule has 0 aliphatic carbocycles. The predicted octanol–water partition coefficient (Wildman–Crippen LogP) is 2.40. The first-order valence-corrected chi connectivity index (χ1v) is 4.82. The van der Waals surface area contributed by atoms with Gasteiger partial charge in [0.25, 0.3) is 0 Å². The Morgan fingerprint density at radius 1 is 1.20 bits per heavy atom. The normalized spacial score (nSPS) is 13.8. The minimum Gasteiger partial charge on any atom is -0.464 e. The Bertz CT molecular complexity index is 396. The lowest BCUT2D eigenvalue weighted by Gasteiger charge is -2.12. The smallest absolute Gasteiger partial charge is 0.228 e. The van der Waals surface area contributed by atoms with Gasteiger partial charge in [0.15, 0.2) is 6.26 Å². The van der Waals surface area contributed by atoms with E-state index in [0.29, 0.717) is 5.88 Å². The summed E-state index contributed by atoms with van der Waals surface area (Å²) in [5, 5.41) is 3.14.